The molecular formula is C8H14N4O5. The van der Waals surface area contributed by atoms with Crippen molar-refractivity contribution in [3.63, 3.8) is 0 Å². The van der Waals surface area contributed by atoms with E-state index in [2.05, 4.69) is 15.3 Å². The summed E-state index contributed by atoms with van der Waals surface area (Å²) in [5, 5.41) is 33.3. The van der Waals surface area contributed by atoms with Gasteiger partial charge in [-0.3, -0.25) is 4.79 Å². The van der Waals surface area contributed by atoms with Gasteiger partial charge in [0.25, 0.3) is 0 Å². The van der Waals surface area contributed by atoms with Gasteiger partial charge in [0, 0.05) is 11.8 Å². The summed E-state index contributed by atoms with van der Waals surface area (Å²) < 4.78 is 0. The molecule has 9 heteroatoms. The lowest BCUT2D eigenvalue weighted by atomic mass is 10.0. The van der Waals surface area contributed by atoms with Gasteiger partial charge in [0.1, 0.15) is 24.5 Å². The van der Waals surface area contributed by atoms with Crippen molar-refractivity contribution in [1.82, 2.24) is 5.32 Å². The van der Waals surface area contributed by atoms with Crippen LogP contribution in [-0.2, 0) is 9.59 Å². The molecule has 0 aromatic heterocycles. The van der Waals surface area contributed by atoms with Gasteiger partial charge in [-0.1, -0.05) is 5.11 Å². The summed E-state index contributed by atoms with van der Waals surface area (Å²) in [6.07, 6.45) is -4.71. The van der Waals surface area contributed by atoms with Crippen LogP contribution in [0.5, 0.6) is 0 Å². The van der Waals surface area contributed by atoms with Crippen LogP contribution in [0, 0.1) is 0 Å². The second-order valence-electron chi connectivity index (χ2n) is 3.32. The fourth-order valence-corrected chi connectivity index (χ4v) is 1.10. The SMILES string of the molecule is CC(=O)N[C@H](C=O)[C@@H](O)[C@H](O)[C@H](O)CN=[N+]=[N-]. The van der Waals surface area contributed by atoms with E-state index >= 15 is 0 Å². The minimum absolute atomic E-state index is 0.232. The van der Waals surface area contributed by atoms with Crippen LogP contribution in [0.1, 0.15) is 6.92 Å². The van der Waals surface area contributed by atoms with Crippen LogP contribution in [0.25, 0.3) is 10.4 Å². The van der Waals surface area contributed by atoms with Gasteiger partial charge >= 0.3 is 0 Å². The summed E-state index contributed by atoms with van der Waals surface area (Å²) >= 11 is 0. The number of aldehydes is 1. The number of carbonyl (C=O) groups is 2. The van der Waals surface area contributed by atoms with E-state index in [1.807, 2.05) is 0 Å². The monoisotopic (exact) mass is 246 g/mol. The molecule has 0 rings (SSSR count). The summed E-state index contributed by atoms with van der Waals surface area (Å²) in [4.78, 5) is 23.6. The second kappa shape index (κ2) is 7.58. The number of carbonyl (C=O) groups excluding carboxylic acids is 2. The number of rotatable bonds is 7. The Morgan fingerprint density at radius 2 is 2.06 bits per heavy atom. The van der Waals surface area contributed by atoms with Crippen molar-refractivity contribution in [2.75, 3.05) is 6.54 Å². The zero-order chi connectivity index (χ0) is 13.4. The van der Waals surface area contributed by atoms with Crippen molar-refractivity contribution in [1.29, 1.82) is 0 Å². The second-order valence-corrected chi connectivity index (χ2v) is 3.32. The quantitative estimate of drug-likeness (QED) is 0.178. The third-order valence-electron chi connectivity index (χ3n) is 1.96. The molecule has 0 saturated heterocycles. The Labute approximate surface area is 96.7 Å². The van der Waals surface area contributed by atoms with E-state index < -0.39 is 36.8 Å². The summed E-state index contributed by atoms with van der Waals surface area (Å²) in [6.45, 7) is 0.673. The Morgan fingerprint density at radius 1 is 1.47 bits per heavy atom. The number of nitrogens with zero attached hydrogens (tertiary/aromatic N) is 3. The standard InChI is InChI=1S/C8H14N4O5/c1-4(14)11-5(3-13)7(16)8(17)6(15)2-10-12-9/h3,5-8,15-17H,2H2,1H3,(H,11,14)/t5-,6-,7-,8-/m1/s1. The maximum atomic E-state index is 10.7. The minimum atomic E-state index is -1.72. The van der Waals surface area contributed by atoms with E-state index in [0.717, 1.165) is 6.92 Å². The molecule has 0 heterocycles. The molecule has 0 fully saturated rings. The number of nitrogens with one attached hydrogen (secondary N) is 1. The van der Waals surface area contributed by atoms with Crippen molar-refractivity contribution < 1.29 is 24.9 Å². The van der Waals surface area contributed by atoms with Crippen molar-refractivity contribution in [2.24, 2.45) is 5.11 Å². The molecule has 1 amide bonds. The van der Waals surface area contributed by atoms with Gasteiger partial charge in [0.2, 0.25) is 5.91 Å². The van der Waals surface area contributed by atoms with Crippen LogP contribution in [0.2, 0.25) is 0 Å². The molecule has 4 atom stereocenters. The summed E-state index contributed by atoms with van der Waals surface area (Å²) in [5.41, 5.74) is 8.00. The van der Waals surface area contributed by atoms with E-state index in [0.29, 0.717) is 0 Å². The minimum Gasteiger partial charge on any atom is -0.390 e. The molecule has 0 radical (unpaired) electrons. The van der Waals surface area contributed by atoms with Gasteiger partial charge in [-0.05, 0) is 5.53 Å². The van der Waals surface area contributed by atoms with Gasteiger partial charge in [-0.25, -0.2) is 0 Å². The first-order valence-corrected chi connectivity index (χ1v) is 4.71. The molecule has 0 aliphatic carbocycles. The van der Waals surface area contributed by atoms with E-state index in [1.165, 1.54) is 0 Å². The molecular weight excluding hydrogens is 232 g/mol. The van der Waals surface area contributed by atoms with E-state index in [4.69, 9.17) is 5.53 Å². The summed E-state index contributed by atoms with van der Waals surface area (Å²) in [5.74, 6) is -0.571. The van der Waals surface area contributed by atoms with E-state index in [9.17, 15) is 24.9 Å². The van der Waals surface area contributed by atoms with Crippen LogP contribution >= 0.6 is 0 Å². The number of azide groups is 1. The molecule has 0 aliphatic rings. The molecule has 0 bridgehead atoms. The fourth-order valence-electron chi connectivity index (χ4n) is 1.10. The van der Waals surface area contributed by atoms with Crippen LogP contribution in [0.3, 0.4) is 0 Å². The topological polar surface area (TPSA) is 156 Å². The largest absolute Gasteiger partial charge is 0.390 e. The lowest BCUT2D eigenvalue weighted by Crippen LogP contribution is -2.52. The highest BCUT2D eigenvalue weighted by Crippen LogP contribution is 2.05. The molecule has 0 aliphatic heterocycles. The van der Waals surface area contributed by atoms with E-state index in [-0.39, 0.29) is 6.29 Å². The lowest BCUT2D eigenvalue weighted by Gasteiger charge is -2.26. The first-order chi connectivity index (χ1) is 7.93. The highest BCUT2D eigenvalue weighted by atomic mass is 16.4. The Morgan fingerprint density at radius 3 is 2.47 bits per heavy atom. The van der Waals surface area contributed by atoms with E-state index in [1.54, 1.807) is 0 Å². The smallest absolute Gasteiger partial charge is 0.217 e. The number of hydrogen-bond donors (Lipinski definition) is 4. The number of aliphatic hydroxyl groups excluding tert-OH is 3. The molecule has 4 N–H and O–H groups in total. The Kier molecular flexibility index (Phi) is 6.83. The molecule has 17 heavy (non-hydrogen) atoms. The zero-order valence-corrected chi connectivity index (χ0v) is 9.09. The van der Waals surface area contributed by atoms with Crippen LogP contribution in [0.15, 0.2) is 5.11 Å². The van der Waals surface area contributed by atoms with Crippen molar-refractivity contribution >= 4 is 12.2 Å². The highest BCUT2D eigenvalue weighted by Gasteiger charge is 2.31. The van der Waals surface area contributed by atoms with Crippen molar-refractivity contribution in [2.45, 2.75) is 31.3 Å². The fraction of sp³-hybridized carbons (Fsp3) is 0.750. The first kappa shape index (κ1) is 15.3. The Balaban J connectivity index is 4.52. The average Bonchev–Trinajstić information content (AvgIpc) is 2.30. The predicted molar refractivity (Wildman–Crippen MR) is 55.7 cm³/mol. The summed E-state index contributed by atoms with van der Waals surface area (Å²) in [7, 11) is 0. The van der Waals surface area contributed by atoms with Gasteiger partial charge < -0.3 is 25.4 Å². The van der Waals surface area contributed by atoms with Crippen molar-refractivity contribution in [3.8, 4) is 0 Å². The molecule has 0 aromatic rings. The molecule has 0 spiro atoms. The normalized spacial score (nSPS) is 17.2. The number of aliphatic hydroxyl groups is 3. The summed E-state index contributed by atoms with van der Waals surface area (Å²) in [6, 6.07) is -1.34. The van der Waals surface area contributed by atoms with Crippen LogP contribution in [-0.4, -0.2) is 58.4 Å². The Hall–Kier alpha value is -1.67. The predicted octanol–water partition coefficient (Wildman–Crippen LogP) is -1.92. The van der Waals surface area contributed by atoms with Crippen LogP contribution in [0.4, 0.5) is 0 Å². The average molecular weight is 246 g/mol. The molecule has 96 valence electrons. The number of hydrogen-bond acceptors (Lipinski definition) is 6. The highest BCUT2D eigenvalue weighted by molar-refractivity contribution is 5.77. The van der Waals surface area contributed by atoms with Gasteiger partial charge in [-0.15, -0.1) is 0 Å². The molecule has 0 unspecified atom stereocenters. The van der Waals surface area contributed by atoms with Gasteiger partial charge in [0.05, 0.1) is 12.6 Å². The maximum Gasteiger partial charge on any atom is 0.217 e. The molecule has 9 nitrogen and oxygen atoms in total. The van der Waals surface area contributed by atoms with Crippen molar-refractivity contribution in [3.05, 3.63) is 10.4 Å². The maximum absolute atomic E-state index is 10.7. The molecule has 0 aromatic carbocycles. The first-order valence-electron chi connectivity index (χ1n) is 4.71. The lowest BCUT2D eigenvalue weighted by molar-refractivity contribution is -0.128. The van der Waals surface area contributed by atoms with Crippen LogP contribution < -0.4 is 5.32 Å². The third-order valence-corrected chi connectivity index (χ3v) is 1.96. The molecule has 0 saturated carbocycles. The van der Waals surface area contributed by atoms with Gasteiger partial charge in [-0.2, -0.15) is 0 Å². The Bertz CT molecular complexity index is 317. The zero-order valence-electron chi connectivity index (χ0n) is 9.09. The number of amides is 1. The van der Waals surface area contributed by atoms with Gasteiger partial charge in [0.15, 0.2) is 0 Å². The third kappa shape index (κ3) is 5.27.